The molecule has 0 saturated carbocycles. The van der Waals surface area contributed by atoms with Gasteiger partial charge >= 0.3 is 0 Å². The molecule has 0 bridgehead atoms. The van der Waals surface area contributed by atoms with Gasteiger partial charge in [0.2, 0.25) is 0 Å². The van der Waals surface area contributed by atoms with Crippen molar-refractivity contribution < 1.29 is 18.6 Å². The van der Waals surface area contributed by atoms with Crippen LogP contribution in [0, 0.1) is 11.3 Å². The molecule has 102 valence electrons. The van der Waals surface area contributed by atoms with E-state index in [9.17, 15) is 18.6 Å². The van der Waals surface area contributed by atoms with E-state index in [0.717, 1.165) is 0 Å². The van der Waals surface area contributed by atoms with Crippen molar-refractivity contribution >= 4 is 26.4 Å². The average Bonchev–Trinajstić information content (AvgIpc) is 2.43. The van der Waals surface area contributed by atoms with E-state index in [1.54, 1.807) is 0 Å². The second kappa shape index (κ2) is 3.98. The molecule has 3 rings (SSSR count). The number of pyridine rings is 1. The van der Waals surface area contributed by atoms with Gasteiger partial charge in [-0.3, -0.25) is 0 Å². The molecule has 1 aromatic heterocycles. The van der Waals surface area contributed by atoms with Crippen LogP contribution in [0.5, 0.6) is 11.5 Å². The number of nitrogens with one attached hydrogen (secondary N) is 1. The highest BCUT2D eigenvalue weighted by molar-refractivity contribution is 7.91. The quantitative estimate of drug-likeness (QED) is 0.482. The zero-order valence-corrected chi connectivity index (χ0v) is 10.9. The van der Waals surface area contributed by atoms with Crippen molar-refractivity contribution in [2.75, 3.05) is 17.6 Å². The lowest BCUT2D eigenvalue weighted by Crippen LogP contribution is -2.23. The number of aromatic nitrogens is 1. The van der Waals surface area contributed by atoms with E-state index < -0.39 is 15.6 Å². The summed E-state index contributed by atoms with van der Waals surface area (Å²) in [6.07, 6.45) is 0. The Balaban J connectivity index is 2.51. The number of rotatable bonds is 0. The third kappa shape index (κ3) is 1.57. The molecule has 7 nitrogen and oxygen atoms in total. The van der Waals surface area contributed by atoms with Crippen LogP contribution in [0.4, 0.5) is 5.69 Å². The molecule has 0 fully saturated rings. The van der Waals surface area contributed by atoms with E-state index in [0.29, 0.717) is 0 Å². The molecular formula is C12H9N3O4S. The predicted octanol–water partition coefficient (Wildman–Crippen LogP) is 0.717. The highest BCUT2D eigenvalue weighted by Crippen LogP contribution is 2.46. The van der Waals surface area contributed by atoms with Gasteiger partial charge in [0.1, 0.15) is 33.6 Å². The summed E-state index contributed by atoms with van der Waals surface area (Å²) in [6, 6.07) is 4.53. The lowest BCUT2D eigenvalue weighted by Gasteiger charge is -2.21. The predicted molar refractivity (Wildman–Crippen MR) is 70.3 cm³/mol. The summed E-state index contributed by atoms with van der Waals surface area (Å²) >= 11 is 0. The molecule has 3 N–H and O–H groups in total. The minimum Gasteiger partial charge on any atom is -0.506 e. The first-order chi connectivity index (χ1) is 9.45. The summed E-state index contributed by atoms with van der Waals surface area (Å²) in [5.74, 6) is -1.01. The van der Waals surface area contributed by atoms with E-state index in [2.05, 4.69) is 10.3 Å². The van der Waals surface area contributed by atoms with Crippen molar-refractivity contribution in [1.29, 1.82) is 5.26 Å². The largest absolute Gasteiger partial charge is 0.506 e. The SMILES string of the molecule is N#Cc1ccc2c(O)c3c(c(O)c2n1)NCCS3(=O)=O. The molecule has 1 aliphatic rings. The lowest BCUT2D eigenvalue weighted by atomic mass is 10.1. The van der Waals surface area contributed by atoms with Gasteiger partial charge in [-0.2, -0.15) is 5.26 Å². The fourth-order valence-electron chi connectivity index (χ4n) is 2.24. The average molecular weight is 291 g/mol. The van der Waals surface area contributed by atoms with Crippen LogP contribution in [0.1, 0.15) is 5.69 Å². The van der Waals surface area contributed by atoms with Crippen LogP contribution in [0.2, 0.25) is 0 Å². The minimum absolute atomic E-state index is 0.00935. The normalized spacial score (nSPS) is 16.1. The Morgan fingerprint density at radius 3 is 2.75 bits per heavy atom. The van der Waals surface area contributed by atoms with Gasteiger partial charge in [-0.25, -0.2) is 13.4 Å². The van der Waals surface area contributed by atoms with Gasteiger partial charge in [-0.05, 0) is 12.1 Å². The van der Waals surface area contributed by atoms with Crippen molar-refractivity contribution in [3.05, 3.63) is 17.8 Å². The van der Waals surface area contributed by atoms with E-state index >= 15 is 0 Å². The molecule has 0 radical (unpaired) electrons. The second-order valence-electron chi connectivity index (χ2n) is 4.35. The molecule has 1 aliphatic heterocycles. The topological polar surface area (TPSA) is 123 Å². The number of aromatic hydroxyl groups is 2. The monoisotopic (exact) mass is 291 g/mol. The number of hydrogen-bond acceptors (Lipinski definition) is 7. The summed E-state index contributed by atoms with van der Waals surface area (Å²) in [5, 5.41) is 32.0. The number of phenols is 2. The molecule has 20 heavy (non-hydrogen) atoms. The maximum Gasteiger partial charge on any atom is 0.185 e. The van der Waals surface area contributed by atoms with Crippen molar-refractivity contribution in [2.24, 2.45) is 0 Å². The van der Waals surface area contributed by atoms with Crippen LogP contribution in [0.15, 0.2) is 17.0 Å². The van der Waals surface area contributed by atoms with Crippen LogP contribution in [-0.2, 0) is 9.84 Å². The molecule has 2 aromatic rings. The van der Waals surface area contributed by atoms with Gasteiger partial charge in [0, 0.05) is 11.9 Å². The van der Waals surface area contributed by atoms with E-state index in [1.807, 2.05) is 6.07 Å². The maximum atomic E-state index is 12.0. The number of anilines is 1. The van der Waals surface area contributed by atoms with Crippen LogP contribution < -0.4 is 5.32 Å². The van der Waals surface area contributed by atoms with Gasteiger partial charge in [-0.1, -0.05) is 0 Å². The third-order valence-corrected chi connectivity index (χ3v) is 4.91. The summed E-state index contributed by atoms with van der Waals surface area (Å²) < 4.78 is 24.1. The van der Waals surface area contributed by atoms with Gasteiger partial charge in [0.25, 0.3) is 0 Å². The number of benzene rings is 1. The van der Waals surface area contributed by atoms with Crippen LogP contribution in [0.3, 0.4) is 0 Å². The zero-order valence-electron chi connectivity index (χ0n) is 10.1. The fourth-order valence-corrected chi connectivity index (χ4v) is 3.70. The fraction of sp³-hybridized carbons (Fsp3) is 0.167. The van der Waals surface area contributed by atoms with Crippen molar-refractivity contribution in [3.63, 3.8) is 0 Å². The van der Waals surface area contributed by atoms with E-state index in [1.165, 1.54) is 12.1 Å². The molecule has 2 heterocycles. The molecule has 0 saturated heterocycles. The van der Waals surface area contributed by atoms with Crippen molar-refractivity contribution in [2.45, 2.75) is 4.90 Å². The Hall–Kier alpha value is -2.53. The van der Waals surface area contributed by atoms with Crippen LogP contribution in [-0.4, -0.2) is 35.9 Å². The number of sulfone groups is 1. The number of phenolic OH excluding ortho intramolecular Hbond substituents is 2. The third-order valence-electron chi connectivity index (χ3n) is 3.15. The first-order valence-corrected chi connectivity index (χ1v) is 7.36. The lowest BCUT2D eigenvalue weighted by molar-refractivity contribution is 0.455. The van der Waals surface area contributed by atoms with Gasteiger partial charge in [0.05, 0.1) is 5.75 Å². The first-order valence-electron chi connectivity index (χ1n) is 5.71. The Kier molecular flexibility index (Phi) is 2.49. The number of nitrogens with zero attached hydrogens (tertiary/aromatic N) is 2. The van der Waals surface area contributed by atoms with E-state index in [-0.39, 0.29) is 45.2 Å². The standard InChI is InChI=1S/C12H9N3O4S/c13-5-6-1-2-7-8(15-6)11(17)9-12(10(7)16)20(18,19)4-3-14-9/h1-2,14,16-17H,3-4H2. The second-order valence-corrected chi connectivity index (χ2v) is 6.40. The number of hydrogen-bond donors (Lipinski definition) is 3. The Morgan fingerprint density at radius 2 is 2.05 bits per heavy atom. The summed E-state index contributed by atoms with van der Waals surface area (Å²) in [5.41, 5.74) is -0.0143. The van der Waals surface area contributed by atoms with Gasteiger partial charge in [0.15, 0.2) is 15.6 Å². The molecule has 0 aliphatic carbocycles. The first kappa shape index (κ1) is 12.5. The maximum absolute atomic E-state index is 12.0. The molecular weight excluding hydrogens is 282 g/mol. The summed E-state index contributed by atoms with van der Waals surface area (Å²) in [6.45, 7) is 0.131. The molecule has 0 spiro atoms. The van der Waals surface area contributed by atoms with Crippen molar-refractivity contribution in [1.82, 2.24) is 4.98 Å². The minimum atomic E-state index is -3.67. The summed E-state index contributed by atoms with van der Waals surface area (Å²) in [7, 11) is -3.67. The van der Waals surface area contributed by atoms with Gasteiger partial charge in [-0.15, -0.1) is 0 Å². The Morgan fingerprint density at radius 1 is 1.30 bits per heavy atom. The molecule has 8 heteroatoms. The smallest absolute Gasteiger partial charge is 0.185 e. The summed E-state index contributed by atoms with van der Waals surface area (Å²) in [4.78, 5) is 3.58. The Labute approximate surface area is 114 Å². The molecule has 0 atom stereocenters. The number of fused-ring (bicyclic) bond motifs is 2. The highest BCUT2D eigenvalue weighted by atomic mass is 32.2. The molecule has 0 unspecified atom stereocenters. The highest BCUT2D eigenvalue weighted by Gasteiger charge is 2.32. The number of nitriles is 1. The van der Waals surface area contributed by atoms with Crippen LogP contribution in [0.25, 0.3) is 10.9 Å². The van der Waals surface area contributed by atoms with Crippen LogP contribution >= 0.6 is 0 Å². The molecule has 1 aromatic carbocycles. The molecule has 0 amide bonds. The zero-order chi connectivity index (χ0) is 14.5. The van der Waals surface area contributed by atoms with Gasteiger partial charge < -0.3 is 15.5 Å². The van der Waals surface area contributed by atoms with Crippen molar-refractivity contribution in [3.8, 4) is 17.6 Å². The Bertz CT molecular complexity index is 884. The van der Waals surface area contributed by atoms with E-state index in [4.69, 9.17) is 5.26 Å².